The lowest BCUT2D eigenvalue weighted by Crippen LogP contribution is -2.25. The molecular formula is C22H25N5O2. The van der Waals surface area contributed by atoms with Crippen molar-refractivity contribution in [3.8, 4) is 5.75 Å². The van der Waals surface area contributed by atoms with E-state index in [1.807, 2.05) is 68.4 Å². The first-order chi connectivity index (χ1) is 14.1. The highest BCUT2D eigenvalue weighted by Crippen LogP contribution is 2.16. The molecule has 0 saturated carbocycles. The zero-order chi connectivity index (χ0) is 20.5. The molecule has 2 aromatic carbocycles. The molecule has 0 fully saturated rings. The Morgan fingerprint density at radius 2 is 2.00 bits per heavy atom. The van der Waals surface area contributed by atoms with Gasteiger partial charge >= 0.3 is 0 Å². The number of ether oxygens (including phenoxy) is 1. The van der Waals surface area contributed by atoms with Gasteiger partial charge in [-0.15, -0.1) is 5.10 Å². The molecule has 3 aromatic rings. The van der Waals surface area contributed by atoms with E-state index in [0.717, 1.165) is 22.7 Å². The topological polar surface area (TPSA) is 81.9 Å². The van der Waals surface area contributed by atoms with E-state index in [1.54, 1.807) is 10.8 Å². The summed E-state index contributed by atoms with van der Waals surface area (Å²) in [6.07, 6.45) is 3.86. The lowest BCUT2D eigenvalue weighted by molar-refractivity contribution is -0.116. The third kappa shape index (κ3) is 6.27. The molecule has 0 saturated heterocycles. The van der Waals surface area contributed by atoms with Crippen molar-refractivity contribution in [1.82, 2.24) is 25.5 Å². The molecule has 3 rings (SSSR count). The molecule has 7 nitrogen and oxygen atoms in total. The lowest BCUT2D eigenvalue weighted by atomic mass is 10.2. The number of carbonyl (C=O) groups excluding carboxylic acids is 1. The largest absolute Gasteiger partial charge is 0.489 e. The van der Waals surface area contributed by atoms with Crippen LogP contribution in [-0.4, -0.2) is 32.7 Å². The van der Waals surface area contributed by atoms with Crippen molar-refractivity contribution in [3.05, 3.63) is 77.6 Å². The summed E-state index contributed by atoms with van der Waals surface area (Å²) < 4.78 is 7.57. The highest BCUT2D eigenvalue weighted by Gasteiger charge is 2.08. The second-order valence-corrected chi connectivity index (χ2v) is 6.85. The minimum Gasteiger partial charge on any atom is -0.489 e. The summed E-state index contributed by atoms with van der Waals surface area (Å²) >= 11 is 0. The van der Waals surface area contributed by atoms with Crippen molar-refractivity contribution in [2.24, 2.45) is 0 Å². The van der Waals surface area contributed by atoms with Crippen LogP contribution < -0.4 is 10.1 Å². The number of amides is 1. The number of hydrogen-bond acceptors (Lipinski definition) is 5. The molecule has 0 bridgehead atoms. The van der Waals surface area contributed by atoms with Crippen LogP contribution in [-0.2, 0) is 17.8 Å². The summed E-state index contributed by atoms with van der Waals surface area (Å²) in [5, 5.41) is 14.5. The second-order valence-electron chi connectivity index (χ2n) is 6.85. The van der Waals surface area contributed by atoms with E-state index in [4.69, 9.17) is 4.74 Å². The quantitative estimate of drug-likeness (QED) is 0.567. The molecule has 1 heterocycles. The molecular weight excluding hydrogens is 366 g/mol. The van der Waals surface area contributed by atoms with Crippen molar-refractivity contribution in [1.29, 1.82) is 0 Å². The first-order valence-corrected chi connectivity index (χ1v) is 9.61. The Labute approximate surface area is 170 Å². The first kappa shape index (κ1) is 20.3. The highest BCUT2D eigenvalue weighted by molar-refractivity contribution is 5.91. The lowest BCUT2D eigenvalue weighted by Gasteiger charge is -2.08. The predicted molar refractivity (Wildman–Crippen MR) is 111 cm³/mol. The van der Waals surface area contributed by atoms with Crippen LogP contribution in [0.1, 0.15) is 36.8 Å². The van der Waals surface area contributed by atoms with E-state index < -0.39 is 0 Å². The Morgan fingerprint density at radius 3 is 2.79 bits per heavy atom. The van der Waals surface area contributed by atoms with Crippen LogP contribution in [0.4, 0.5) is 0 Å². The van der Waals surface area contributed by atoms with Gasteiger partial charge in [0.1, 0.15) is 12.4 Å². The fraction of sp³-hybridized carbons (Fsp3) is 0.273. The summed E-state index contributed by atoms with van der Waals surface area (Å²) in [6, 6.07) is 17.8. The Kier molecular flexibility index (Phi) is 7.10. The number of aromatic nitrogens is 4. The molecule has 0 aliphatic rings. The number of nitrogens with one attached hydrogen (secondary N) is 1. The van der Waals surface area contributed by atoms with Gasteiger partial charge in [0, 0.05) is 19.0 Å². The third-order valence-corrected chi connectivity index (χ3v) is 4.23. The van der Waals surface area contributed by atoms with Crippen molar-refractivity contribution >= 4 is 12.0 Å². The number of benzene rings is 2. The summed E-state index contributed by atoms with van der Waals surface area (Å²) in [4.78, 5) is 12.1. The summed E-state index contributed by atoms with van der Waals surface area (Å²) in [7, 11) is 0. The molecule has 29 heavy (non-hydrogen) atoms. The van der Waals surface area contributed by atoms with Crippen LogP contribution in [0.2, 0.25) is 0 Å². The van der Waals surface area contributed by atoms with Crippen LogP contribution in [0.5, 0.6) is 5.75 Å². The molecule has 0 atom stereocenters. The molecule has 0 spiro atoms. The summed E-state index contributed by atoms with van der Waals surface area (Å²) in [5.74, 6) is 1.36. The van der Waals surface area contributed by atoms with Gasteiger partial charge in [0.15, 0.2) is 5.82 Å². The Balaban J connectivity index is 1.47. The minimum absolute atomic E-state index is 0.163. The molecule has 0 unspecified atom stereocenters. The Morgan fingerprint density at radius 1 is 1.17 bits per heavy atom. The van der Waals surface area contributed by atoms with E-state index >= 15 is 0 Å². The van der Waals surface area contributed by atoms with Crippen molar-refractivity contribution < 1.29 is 9.53 Å². The molecule has 0 aliphatic carbocycles. The Bertz CT molecular complexity index is 951. The monoisotopic (exact) mass is 391 g/mol. The molecule has 1 aromatic heterocycles. The maximum absolute atomic E-state index is 12.1. The van der Waals surface area contributed by atoms with Crippen LogP contribution in [0.3, 0.4) is 0 Å². The van der Waals surface area contributed by atoms with Gasteiger partial charge in [-0.1, -0.05) is 42.5 Å². The molecule has 7 heteroatoms. The summed E-state index contributed by atoms with van der Waals surface area (Å²) in [5.41, 5.74) is 2.01. The smallest absolute Gasteiger partial charge is 0.244 e. The predicted octanol–water partition coefficient (Wildman–Crippen LogP) is 3.21. The van der Waals surface area contributed by atoms with E-state index in [0.29, 0.717) is 19.6 Å². The third-order valence-electron chi connectivity index (χ3n) is 4.23. The van der Waals surface area contributed by atoms with E-state index in [9.17, 15) is 4.79 Å². The first-order valence-electron chi connectivity index (χ1n) is 9.61. The number of nitrogens with zero attached hydrogens (tertiary/aromatic N) is 4. The van der Waals surface area contributed by atoms with E-state index in [2.05, 4.69) is 20.8 Å². The van der Waals surface area contributed by atoms with Crippen LogP contribution in [0.25, 0.3) is 6.08 Å². The average molecular weight is 391 g/mol. The number of rotatable bonds is 9. The van der Waals surface area contributed by atoms with Gasteiger partial charge in [-0.05, 0) is 53.6 Å². The fourth-order valence-electron chi connectivity index (χ4n) is 2.76. The number of hydrogen-bond donors (Lipinski definition) is 1. The normalized spacial score (nSPS) is 11.1. The highest BCUT2D eigenvalue weighted by atomic mass is 16.5. The fourth-order valence-corrected chi connectivity index (χ4v) is 2.76. The van der Waals surface area contributed by atoms with Crippen LogP contribution in [0.15, 0.2) is 60.7 Å². The molecule has 1 amide bonds. The second kappa shape index (κ2) is 10.2. The standard InChI is InChI=1S/C22H25N5O2/c1-17(2)27-21(24-25-26-27)13-14-23-22(28)12-11-18-9-6-10-20(15-18)29-16-19-7-4-3-5-8-19/h3-12,15,17H,13-14,16H2,1-2H3,(H,23,28)/b12-11+. The zero-order valence-electron chi connectivity index (χ0n) is 16.7. The van der Waals surface area contributed by atoms with E-state index in [-0.39, 0.29) is 11.9 Å². The minimum atomic E-state index is -0.163. The van der Waals surface area contributed by atoms with Gasteiger partial charge in [-0.2, -0.15) is 0 Å². The maximum Gasteiger partial charge on any atom is 0.244 e. The van der Waals surface area contributed by atoms with Gasteiger partial charge in [0.05, 0.1) is 6.04 Å². The van der Waals surface area contributed by atoms with Gasteiger partial charge in [-0.25, -0.2) is 4.68 Å². The van der Waals surface area contributed by atoms with Crippen molar-refractivity contribution in [3.63, 3.8) is 0 Å². The zero-order valence-corrected chi connectivity index (χ0v) is 16.7. The average Bonchev–Trinajstić information content (AvgIpc) is 3.21. The van der Waals surface area contributed by atoms with E-state index in [1.165, 1.54) is 6.08 Å². The van der Waals surface area contributed by atoms with Crippen molar-refractivity contribution in [2.75, 3.05) is 6.54 Å². The van der Waals surface area contributed by atoms with Crippen LogP contribution >= 0.6 is 0 Å². The number of carbonyl (C=O) groups is 1. The summed E-state index contributed by atoms with van der Waals surface area (Å²) in [6.45, 7) is 5.00. The molecule has 0 radical (unpaired) electrons. The number of tetrazole rings is 1. The molecule has 1 N–H and O–H groups in total. The van der Waals surface area contributed by atoms with Gasteiger partial charge in [-0.3, -0.25) is 4.79 Å². The van der Waals surface area contributed by atoms with Gasteiger partial charge in [0.2, 0.25) is 5.91 Å². The Hall–Kier alpha value is -3.48. The van der Waals surface area contributed by atoms with Gasteiger partial charge < -0.3 is 10.1 Å². The molecule has 150 valence electrons. The van der Waals surface area contributed by atoms with Crippen LogP contribution in [0, 0.1) is 0 Å². The maximum atomic E-state index is 12.1. The SMILES string of the molecule is CC(C)n1nnnc1CCNC(=O)/C=C/c1cccc(OCc2ccccc2)c1. The molecule has 0 aliphatic heterocycles. The van der Waals surface area contributed by atoms with Crippen molar-refractivity contribution in [2.45, 2.75) is 32.9 Å². The van der Waals surface area contributed by atoms with Gasteiger partial charge in [0.25, 0.3) is 0 Å².